The molecule has 0 aromatic heterocycles. The predicted octanol–water partition coefficient (Wildman–Crippen LogP) is 8.02. The largest absolute Gasteiger partial charge is 0.361 e. The lowest BCUT2D eigenvalue weighted by atomic mass is 10.0. The summed E-state index contributed by atoms with van der Waals surface area (Å²) in [6.07, 6.45) is 3.43. The number of hydrogen-bond acceptors (Lipinski definition) is 6. The number of carbonyl (C=O) groups is 2. The molecular formula is C38H36N6O2. The standard InChI is InChI=1S/C38H36N6O2/c1-23-7-17-33(19-25(23)3)43-37(45)35(27(5)41-43)21-39-31-13-9-29(10-14-31)30-11-15-32(16-12-30)40-22-36-28(6)42-44(38(36)46)34-18-8-24(2)26(4)20-34/h7-22,39-40H,1-6H3/b35-21+,36-22+. The summed E-state index contributed by atoms with van der Waals surface area (Å²) in [6.45, 7) is 11.8. The van der Waals surface area contributed by atoms with Gasteiger partial charge in [-0.05, 0) is 123 Å². The minimum atomic E-state index is -0.160. The van der Waals surface area contributed by atoms with E-state index in [1.54, 1.807) is 12.4 Å². The molecule has 8 nitrogen and oxygen atoms in total. The van der Waals surface area contributed by atoms with E-state index in [1.807, 2.05) is 126 Å². The molecular weight excluding hydrogens is 572 g/mol. The molecule has 0 radical (unpaired) electrons. The summed E-state index contributed by atoms with van der Waals surface area (Å²) in [5.41, 5.74) is 12.3. The van der Waals surface area contributed by atoms with Gasteiger partial charge in [-0.15, -0.1) is 0 Å². The normalized spacial score (nSPS) is 16.4. The smallest absolute Gasteiger partial charge is 0.282 e. The maximum atomic E-state index is 13.1. The van der Waals surface area contributed by atoms with Gasteiger partial charge in [-0.3, -0.25) is 9.59 Å². The molecule has 2 amide bonds. The summed E-state index contributed by atoms with van der Waals surface area (Å²) in [4.78, 5) is 26.2. The van der Waals surface area contributed by atoms with Gasteiger partial charge < -0.3 is 10.6 Å². The van der Waals surface area contributed by atoms with E-state index in [-0.39, 0.29) is 11.8 Å². The number of nitrogens with one attached hydrogen (secondary N) is 2. The number of carbonyl (C=O) groups excluding carboxylic acids is 2. The van der Waals surface area contributed by atoms with E-state index >= 15 is 0 Å². The van der Waals surface area contributed by atoms with Gasteiger partial charge in [0.1, 0.15) is 0 Å². The molecule has 0 saturated carbocycles. The van der Waals surface area contributed by atoms with Crippen LogP contribution in [0.2, 0.25) is 0 Å². The first-order valence-corrected chi connectivity index (χ1v) is 15.2. The average Bonchev–Trinajstić information content (AvgIpc) is 3.50. The highest BCUT2D eigenvalue weighted by molar-refractivity contribution is 6.30. The summed E-state index contributed by atoms with van der Waals surface area (Å²) in [6, 6.07) is 27.8. The van der Waals surface area contributed by atoms with Crippen LogP contribution in [0.4, 0.5) is 22.7 Å². The fraction of sp³-hybridized carbons (Fsp3) is 0.158. The molecule has 2 N–H and O–H groups in total. The molecule has 0 atom stereocenters. The van der Waals surface area contributed by atoms with Gasteiger partial charge in [0.25, 0.3) is 11.8 Å². The molecule has 0 aliphatic carbocycles. The van der Waals surface area contributed by atoms with Crippen molar-refractivity contribution in [2.24, 2.45) is 10.2 Å². The first-order valence-electron chi connectivity index (χ1n) is 15.2. The summed E-state index contributed by atoms with van der Waals surface area (Å²) in [5.74, 6) is -0.319. The van der Waals surface area contributed by atoms with Crippen LogP contribution in [-0.2, 0) is 9.59 Å². The molecule has 0 unspecified atom stereocenters. The van der Waals surface area contributed by atoms with Gasteiger partial charge >= 0.3 is 0 Å². The van der Waals surface area contributed by atoms with Gasteiger partial charge in [0, 0.05) is 23.8 Å². The van der Waals surface area contributed by atoms with Gasteiger partial charge in [-0.2, -0.15) is 20.2 Å². The third kappa shape index (κ3) is 5.97. The molecule has 2 aliphatic rings. The Hall–Kier alpha value is -5.76. The molecule has 0 bridgehead atoms. The van der Waals surface area contributed by atoms with Gasteiger partial charge in [-0.1, -0.05) is 36.4 Å². The van der Waals surface area contributed by atoms with Crippen molar-refractivity contribution in [3.8, 4) is 11.1 Å². The lowest BCUT2D eigenvalue weighted by Gasteiger charge is -2.13. The fourth-order valence-electron chi connectivity index (χ4n) is 5.26. The molecule has 46 heavy (non-hydrogen) atoms. The molecule has 0 spiro atoms. The Morgan fingerprint density at radius 3 is 1.22 bits per heavy atom. The highest BCUT2D eigenvalue weighted by Gasteiger charge is 2.30. The Morgan fingerprint density at radius 1 is 0.500 bits per heavy atom. The van der Waals surface area contributed by atoms with Crippen LogP contribution < -0.4 is 20.7 Å². The van der Waals surface area contributed by atoms with Crippen LogP contribution in [0.3, 0.4) is 0 Å². The Labute approximate surface area is 269 Å². The number of hydrogen-bond donors (Lipinski definition) is 2. The zero-order chi connectivity index (χ0) is 32.5. The summed E-state index contributed by atoms with van der Waals surface area (Å²) < 4.78 is 0. The van der Waals surface area contributed by atoms with Gasteiger partial charge in [0.2, 0.25) is 0 Å². The molecule has 2 aliphatic heterocycles. The average molecular weight is 609 g/mol. The molecule has 4 aromatic carbocycles. The van der Waals surface area contributed by atoms with E-state index < -0.39 is 0 Å². The minimum Gasteiger partial charge on any atom is -0.361 e. The zero-order valence-electron chi connectivity index (χ0n) is 26.8. The van der Waals surface area contributed by atoms with E-state index in [9.17, 15) is 9.59 Å². The Bertz CT molecular complexity index is 1840. The summed E-state index contributed by atoms with van der Waals surface area (Å²) in [5, 5.41) is 18.4. The third-order valence-electron chi connectivity index (χ3n) is 8.46. The number of benzene rings is 4. The van der Waals surface area contributed by atoms with Crippen LogP contribution in [0.1, 0.15) is 36.1 Å². The fourth-order valence-corrected chi connectivity index (χ4v) is 5.26. The molecule has 8 heteroatoms. The van der Waals surface area contributed by atoms with Crippen LogP contribution in [0, 0.1) is 27.7 Å². The number of hydrazone groups is 2. The monoisotopic (exact) mass is 608 g/mol. The van der Waals surface area contributed by atoms with Crippen molar-refractivity contribution in [3.63, 3.8) is 0 Å². The molecule has 2 heterocycles. The van der Waals surface area contributed by atoms with Crippen molar-refractivity contribution >= 4 is 46.0 Å². The third-order valence-corrected chi connectivity index (χ3v) is 8.46. The van der Waals surface area contributed by atoms with Crippen LogP contribution in [0.25, 0.3) is 11.1 Å². The SMILES string of the molecule is CC1=NN(c2ccc(C)c(C)c2)C(=O)/C1=C/Nc1ccc(-c2ccc(N/C=C3/C(=O)N(c4ccc(C)c(C)c4)N=C3C)cc2)cc1. The minimum absolute atomic E-state index is 0.160. The number of aryl methyl sites for hydroxylation is 4. The maximum absolute atomic E-state index is 13.1. The van der Waals surface area contributed by atoms with Crippen LogP contribution in [0.15, 0.2) is 119 Å². The second kappa shape index (κ2) is 12.3. The van der Waals surface area contributed by atoms with Crippen molar-refractivity contribution in [2.75, 3.05) is 20.7 Å². The first-order chi connectivity index (χ1) is 22.1. The molecule has 0 saturated heterocycles. The van der Waals surface area contributed by atoms with E-state index in [0.717, 1.165) is 45.0 Å². The lowest BCUT2D eigenvalue weighted by molar-refractivity contribution is -0.115. The predicted molar refractivity (Wildman–Crippen MR) is 188 cm³/mol. The van der Waals surface area contributed by atoms with Crippen LogP contribution in [0.5, 0.6) is 0 Å². The summed E-state index contributed by atoms with van der Waals surface area (Å²) in [7, 11) is 0. The Morgan fingerprint density at radius 2 is 0.870 bits per heavy atom. The molecule has 6 rings (SSSR count). The van der Waals surface area contributed by atoms with Crippen LogP contribution >= 0.6 is 0 Å². The topological polar surface area (TPSA) is 89.4 Å². The molecule has 4 aromatic rings. The van der Waals surface area contributed by atoms with Gasteiger partial charge in [-0.25, -0.2) is 0 Å². The van der Waals surface area contributed by atoms with Gasteiger partial charge in [0.15, 0.2) is 0 Å². The highest BCUT2D eigenvalue weighted by atomic mass is 16.2. The Balaban J connectivity index is 1.08. The van der Waals surface area contributed by atoms with Crippen molar-refractivity contribution in [1.29, 1.82) is 0 Å². The van der Waals surface area contributed by atoms with E-state index in [0.29, 0.717) is 22.6 Å². The quantitative estimate of drug-likeness (QED) is 0.208. The van der Waals surface area contributed by atoms with E-state index in [1.165, 1.54) is 21.1 Å². The summed E-state index contributed by atoms with van der Waals surface area (Å²) >= 11 is 0. The van der Waals surface area contributed by atoms with E-state index in [2.05, 4.69) is 20.8 Å². The number of anilines is 4. The van der Waals surface area contributed by atoms with Crippen molar-refractivity contribution in [1.82, 2.24) is 0 Å². The number of nitrogens with zero attached hydrogens (tertiary/aromatic N) is 4. The first kappa shape index (κ1) is 30.3. The van der Waals surface area contributed by atoms with Gasteiger partial charge in [0.05, 0.1) is 33.9 Å². The lowest BCUT2D eigenvalue weighted by Crippen LogP contribution is -2.22. The maximum Gasteiger partial charge on any atom is 0.282 e. The highest BCUT2D eigenvalue weighted by Crippen LogP contribution is 2.28. The Kier molecular flexibility index (Phi) is 8.11. The zero-order valence-corrected chi connectivity index (χ0v) is 26.8. The molecule has 230 valence electrons. The van der Waals surface area contributed by atoms with Crippen LogP contribution in [-0.4, -0.2) is 23.2 Å². The van der Waals surface area contributed by atoms with Crippen molar-refractivity contribution < 1.29 is 9.59 Å². The van der Waals surface area contributed by atoms with Crippen molar-refractivity contribution in [3.05, 3.63) is 131 Å². The second-order valence-corrected chi connectivity index (χ2v) is 11.7. The number of rotatable bonds is 7. The second-order valence-electron chi connectivity index (χ2n) is 11.7. The van der Waals surface area contributed by atoms with E-state index in [4.69, 9.17) is 0 Å². The molecule has 0 fully saturated rings. The number of amides is 2. The van der Waals surface area contributed by atoms with Crippen molar-refractivity contribution in [2.45, 2.75) is 41.5 Å².